The summed E-state index contributed by atoms with van der Waals surface area (Å²) in [7, 11) is 2.70. The number of carbonyl (C=O) groups excluding carboxylic acids is 1. The highest BCUT2D eigenvalue weighted by atomic mass is 32.1. The molecule has 0 saturated heterocycles. The van der Waals surface area contributed by atoms with Crippen molar-refractivity contribution >= 4 is 28.2 Å². The van der Waals surface area contributed by atoms with Crippen LogP contribution in [0.5, 0.6) is 5.75 Å². The molecule has 6 nitrogen and oxygen atoms in total. The van der Waals surface area contributed by atoms with Crippen molar-refractivity contribution < 1.29 is 18.7 Å². The van der Waals surface area contributed by atoms with Gasteiger partial charge in [-0.3, -0.25) is 4.79 Å². The van der Waals surface area contributed by atoms with E-state index in [9.17, 15) is 9.59 Å². The van der Waals surface area contributed by atoms with Crippen LogP contribution < -0.4 is 15.9 Å². The Morgan fingerprint density at radius 3 is 2.68 bits per heavy atom. The van der Waals surface area contributed by atoms with Crippen LogP contribution in [-0.4, -0.2) is 24.8 Å². The van der Waals surface area contributed by atoms with E-state index >= 15 is 4.39 Å². The predicted molar refractivity (Wildman–Crippen MR) is 118 cm³/mol. The molecular formula is C23H23FN2O4S. The molecular weight excluding hydrogens is 419 g/mol. The molecule has 5 rings (SSSR count). The number of aromatic nitrogens is 1. The van der Waals surface area contributed by atoms with E-state index in [-0.39, 0.29) is 23.0 Å². The predicted octanol–water partition coefficient (Wildman–Crippen LogP) is 4.34. The molecule has 2 N–H and O–H groups in total. The van der Waals surface area contributed by atoms with Crippen molar-refractivity contribution in [2.24, 2.45) is 5.73 Å². The quantitative estimate of drug-likeness (QED) is 0.608. The van der Waals surface area contributed by atoms with Crippen molar-refractivity contribution in [3.8, 4) is 16.2 Å². The van der Waals surface area contributed by atoms with E-state index < -0.39 is 17.2 Å². The summed E-state index contributed by atoms with van der Waals surface area (Å²) in [6.07, 6.45) is 6.21. The molecule has 31 heavy (non-hydrogen) atoms. The fourth-order valence-electron chi connectivity index (χ4n) is 4.49. The number of hydrogen-bond donors (Lipinski definition) is 1. The van der Waals surface area contributed by atoms with Crippen molar-refractivity contribution in [2.45, 2.75) is 44.2 Å². The lowest BCUT2D eigenvalue weighted by Crippen LogP contribution is -2.20. The Bertz CT molecular complexity index is 1280. The fraction of sp³-hybridized carbons (Fsp3) is 0.391. The standard InChI is InChI=1S/C23H23FN2O4S/c1-29-22-19(18-9-12-16(25)4-3-5-17(12)31-18)15(24)8-13-20(22)26(11-6-7-11)10-14(21(13)27)23(28)30-2/h8-11,16H,3-7,25H2,1-2H3. The summed E-state index contributed by atoms with van der Waals surface area (Å²) in [6.45, 7) is 0. The minimum Gasteiger partial charge on any atom is -0.494 e. The van der Waals surface area contributed by atoms with E-state index in [1.807, 2.05) is 10.6 Å². The first-order valence-corrected chi connectivity index (χ1v) is 11.2. The monoisotopic (exact) mass is 442 g/mol. The number of hydrogen-bond acceptors (Lipinski definition) is 6. The topological polar surface area (TPSA) is 83.6 Å². The maximum atomic E-state index is 15.5. The van der Waals surface area contributed by atoms with Crippen LogP contribution in [0.3, 0.4) is 0 Å². The Kier molecular flexibility index (Phi) is 4.86. The van der Waals surface area contributed by atoms with Crippen molar-refractivity contribution in [2.75, 3.05) is 14.2 Å². The molecule has 3 aromatic rings. The minimum absolute atomic E-state index is 0.0458. The summed E-state index contributed by atoms with van der Waals surface area (Å²) in [4.78, 5) is 27.1. The zero-order valence-electron chi connectivity index (χ0n) is 17.4. The molecule has 1 saturated carbocycles. The molecule has 0 aliphatic heterocycles. The summed E-state index contributed by atoms with van der Waals surface area (Å²) in [6, 6.07) is 3.26. The molecule has 0 bridgehead atoms. The number of carbonyl (C=O) groups is 1. The molecule has 8 heteroatoms. The number of halogens is 1. The number of ether oxygens (including phenoxy) is 2. The van der Waals surface area contributed by atoms with Gasteiger partial charge in [-0.1, -0.05) is 0 Å². The van der Waals surface area contributed by atoms with E-state index in [0.29, 0.717) is 16.8 Å². The number of thiophene rings is 1. The molecule has 2 aliphatic carbocycles. The van der Waals surface area contributed by atoms with Crippen LogP contribution in [-0.2, 0) is 11.2 Å². The highest BCUT2D eigenvalue weighted by Crippen LogP contribution is 2.47. The number of fused-ring (bicyclic) bond motifs is 2. The van der Waals surface area contributed by atoms with Crippen LogP contribution in [0.2, 0.25) is 0 Å². The van der Waals surface area contributed by atoms with E-state index in [4.69, 9.17) is 15.2 Å². The van der Waals surface area contributed by atoms with Gasteiger partial charge >= 0.3 is 5.97 Å². The minimum atomic E-state index is -0.732. The summed E-state index contributed by atoms with van der Waals surface area (Å²) in [5, 5.41) is 0.117. The smallest absolute Gasteiger partial charge is 0.343 e. The van der Waals surface area contributed by atoms with Gasteiger partial charge in [0, 0.05) is 28.0 Å². The van der Waals surface area contributed by atoms with Crippen molar-refractivity contribution in [3.05, 3.63) is 50.4 Å². The largest absolute Gasteiger partial charge is 0.494 e. The van der Waals surface area contributed by atoms with Gasteiger partial charge < -0.3 is 19.8 Å². The molecule has 0 radical (unpaired) electrons. The highest BCUT2D eigenvalue weighted by molar-refractivity contribution is 7.15. The zero-order valence-corrected chi connectivity index (χ0v) is 18.2. The first-order valence-electron chi connectivity index (χ1n) is 10.4. The Labute approximate surface area is 182 Å². The van der Waals surface area contributed by atoms with Crippen LogP contribution in [0.25, 0.3) is 21.3 Å². The number of aryl methyl sites for hydroxylation is 1. The Hall–Kier alpha value is -2.71. The normalized spacial score (nSPS) is 18.1. The third-order valence-electron chi connectivity index (χ3n) is 6.18. The second-order valence-corrected chi connectivity index (χ2v) is 9.29. The van der Waals surface area contributed by atoms with Gasteiger partial charge in [0.05, 0.1) is 30.7 Å². The molecule has 162 valence electrons. The Morgan fingerprint density at radius 1 is 1.26 bits per heavy atom. The Morgan fingerprint density at radius 2 is 2.03 bits per heavy atom. The van der Waals surface area contributed by atoms with Crippen LogP contribution in [0.15, 0.2) is 23.1 Å². The van der Waals surface area contributed by atoms with Crippen molar-refractivity contribution in [1.82, 2.24) is 4.57 Å². The van der Waals surface area contributed by atoms with Crippen LogP contribution >= 0.6 is 11.3 Å². The number of esters is 1. The maximum absolute atomic E-state index is 15.5. The lowest BCUT2D eigenvalue weighted by molar-refractivity contribution is 0.0598. The average Bonchev–Trinajstić information content (AvgIpc) is 3.51. The van der Waals surface area contributed by atoms with Gasteiger partial charge in [-0.15, -0.1) is 11.3 Å². The van der Waals surface area contributed by atoms with E-state index in [1.54, 1.807) is 0 Å². The van der Waals surface area contributed by atoms with E-state index in [1.165, 1.54) is 42.7 Å². The van der Waals surface area contributed by atoms with Gasteiger partial charge in [-0.25, -0.2) is 9.18 Å². The fourth-order valence-corrected chi connectivity index (χ4v) is 5.81. The first kappa shape index (κ1) is 20.2. The highest BCUT2D eigenvalue weighted by Gasteiger charge is 2.31. The number of pyridine rings is 1. The van der Waals surface area contributed by atoms with Crippen molar-refractivity contribution in [1.29, 1.82) is 0 Å². The number of rotatable bonds is 4. The van der Waals surface area contributed by atoms with Gasteiger partial charge in [0.15, 0.2) is 5.75 Å². The van der Waals surface area contributed by atoms with Gasteiger partial charge in [0.25, 0.3) is 0 Å². The second-order valence-electron chi connectivity index (χ2n) is 8.15. The third-order valence-corrected chi connectivity index (χ3v) is 7.41. The summed E-state index contributed by atoms with van der Waals surface area (Å²) in [5.74, 6) is -0.981. The molecule has 0 amide bonds. The van der Waals surface area contributed by atoms with Crippen LogP contribution in [0.4, 0.5) is 4.39 Å². The van der Waals surface area contributed by atoms with E-state index in [0.717, 1.165) is 42.5 Å². The lowest BCUT2D eigenvalue weighted by Gasteiger charge is -2.18. The molecule has 2 aromatic heterocycles. The molecule has 2 heterocycles. The molecule has 2 aliphatic rings. The van der Waals surface area contributed by atoms with E-state index in [2.05, 4.69) is 0 Å². The van der Waals surface area contributed by atoms with Gasteiger partial charge in [0.1, 0.15) is 11.4 Å². The average molecular weight is 443 g/mol. The third kappa shape index (κ3) is 3.16. The SMILES string of the molecule is COC(=O)c1cn(C2CC2)c2c(OC)c(-c3cc4c(s3)CCCC4N)c(F)cc2c1=O. The summed E-state index contributed by atoms with van der Waals surface area (Å²) >= 11 is 1.53. The van der Waals surface area contributed by atoms with Crippen LogP contribution in [0.1, 0.15) is 58.6 Å². The number of methoxy groups -OCH3 is 2. The first-order chi connectivity index (χ1) is 14.9. The second kappa shape index (κ2) is 7.46. The molecule has 1 fully saturated rings. The number of nitrogens with two attached hydrogens (primary N) is 1. The maximum Gasteiger partial charge on any atom is 0.343 e. The Balaban J connectivity index is 1.82. The molecule has 1 aromatic carbocycles. The molecule has 1 unspecified atom stereocenters. The van der Waals surface area contributed by atoms with Crippen molar-refractivity contribution in [3.63, 3.8) is 0 Å². The number of benzene rings is 1. The van der Waals surface area contributed by atoms with Crippen LogP contribution in [0, 0.1) is 5.82 Å². The summed E-state index contributed by atoms with van der Waals surface area (Å²) < 4.78 is 27.8. The van der Waals surface area contributed by atoms with Gasteiger partial charge in [-0.05, 0) is 49.8 Å². The molecule has 1 atom stereocenters. The zero-order chi connectivity index (χ0) is 21.9. The van der Waals surface area contributed by atoms with Gasteiger partial charge in [0.2, 0.25) is 5.43 Å². The summed E-state index contributed by atoms with van der Waals surface area (Å²) in [5.41, 5.74) is 7.52. The lowest BCUT2D eigenvalue weighted by atomic mass is 9.94. The molecule has 0 spiro atoms. The van der Waals surface area contributed by atoms with Gasteiger partial charge in [-0.2, -0.15) is 0 Å². The number of nitrogens with zero attached hydrogens (tertiary/aromatic N) is 1.